The third kappa shape index (κ3) is 4.98. The van der Waals surface area contributed by atoms with E-state index in [1.54, 1.807) is 0 Å². The number of hydrogen-bond donors (Lipinski definition) is 1. The average Bonchev–Trinajstić information content (AvgIpc) is 3.60. The molecule has 0 aliphatic heterocycles. The summed E-state index contributed by atoms with van der Waals surface area (Å²) < 4.78 is 6.24. The van der Waals surface area contributed by atoms with Gasteiger partial charge in [0.05, 0.1) is 0 Å². The maximum atomic E-state index is 12.0. The lowest BCUT2D eigenvalue weighted by Crippen LogP contribution is -2.01. The number of hydrogen-bond acceptors (Lipinski definition) is 5. The molecule has 0 bridgehead atoms. The molecule has 0 unspecified atom stereocenters. The number of aromatic hydroxyl groups is 1. The summed E-state index contributed by atoms with van der Waals surface area (Å²) in [5, 5.41) is 18.6. The van der Waals surface area contributed by atoms with Gasteiger partial charge < -0.3 is 9.52 Å². The highest BCUT2D eigenvalue weighted by Crippen LogP contribution is 2.44. The van der Waals surface area contributed by atoms with Crippen molar-refractivity contribution in [3.63, 3.8) is 0 Å². The van der Waals surface area contributed by atoms with Crippen LogP contribution in [-0.2, 0) is 0 Å². The van der Waals surface area contributed by atoms with E-state index in [0.717, 1.165) is 60.5 Å². The Bertz CT molecular complexity index is 2970. The van der Waals surface area contributed by atoms with Gasteiger partial charge in [-0.15, -0.1) is 0 Å². The van der Waals surface area contributed by atoms with Crippen LogP contribution >= 0.6 is 0 Å². The number of benzene rings is 8. The summed E-state index contributed by atoms with van der Waals surface area (Å²) in [7, 11) is 0. The molecule has 5 nitrogen and oxygen atoms in total. The van der Waals surface area contributed by atoms with Crippen molar-refractivity contribution in [1.82, 2.24) is 15.0 Å². The Morgan fingerprint density at radius 1 is 0.385 bits per heavy atom. The molecule has 0 fully saturated rings. The zero-order chi connectivity index (χ0) is 34.6. The second-order valence-corrected chi connectivity index (χ2v) is 13.0. The van der Waals surface area contributed by atoms with E-state index in [9.17, 15) is 5.11 Å². The number of rotatable bonds is 5. The number of para-hydroxylation sites is 1. The SMILES string of the molecule is Oc1cc(-c2cccc3oc4ccccc4c23)cc(-c2nc(-c3ccccc3)nc(-c3ccc4ccc5ccccc5c4c3)n2)c1-c1ccccc1. The van der Waals surface area contributed by atoms with E-state index in [-0.39, 0.29) is 5.75 Å². The van der Waals surface area contributed by atoms with E-state index in [1.165, 1.54) is 10.8 Å². The first-order valence-corrected chi connectivity index (χ1v) is 17.2. The highest BCUT2D eigenvalue weighted by molar-refractivity contribution is 6.13. The monoisotopic (exact) mass is 667 g/mol. The predicted molar refractivity (Wildman–Crippen MR) is 211 cm³/mol. The summed E-state index contributed by atoms with van der Waals surface area (Å²) in [6, 6.07) is 57.0. The van der Waals surface area contributed by atoms with Gasteiger partial charge in [-0.2, -0.15) is 0 Å². The number of fused-ring (bicyclic) bond motifs is 6. The van der Waals surface area contributed by atoms with Crippen molar-refractivity contribution in [2.24, 2.45) is 0 Å². The summed E-state index contributed by atoms with van der Waals surface area (Å²) in [5.41, 5.74) is 7.30. The standard InChI is InChI=1S/C47H29N3O2/c51-40-28-34(36-19-11-21-42-44(36)37-18-9-10-20-41(37)52-42)27-39(43(40)31-13-3-1-4-14-31)47-49-45(32-15-5-2-6-16-32)48-46(50-47)33-25-24-30-23-22-29-12-7-8-17-35(29)38(30)26-33/h1-28,51H. The molecule has 0 saturated carbocycles. The van der Waals surface area contributed by atoms with E-state index in [2.05, 4.69) is 72.8 Å². The molecule has 0 spiro atoms. The Balaban J connectivity index is 1.25. The quantitative estimate of drug-likeness (QED) is 0.185. The van der Waals surface area contributed by atoms with Crippen molar-refractivity contribution in [3.05, 3.63) is 170 Å². The highest BCUT2D eigenvalue weighted by Gasteiger charge is 2.22. The van der Waals surface area contributed by atoms with Crippen molar-refractivity contribution >= 4 is 43.5 Å². The van der Waals surface area contributed by atoms with Crippen LogP contribution in [0.3, 0.4) is 0 Å². The molecule has 10 aromatic rings. The first kappa shape index (κ1) is 29.8. The zero-order valence-electron chi connectivity index (χ0n) is 27.9. The van der Waals surface area contributed by atoms with Gasteiger partial charge in [-0.1, -0.05) is 140 Å². The molecular formula is C47H29N3O2. The van der Waals surface area contributed by atoms with Crippen molar-refractivity contribution in [2.45, 2.75) is 0 Å². The van der Waals surface area contributed by atoms with Gasteiger partial charge in [0.2, 0.25) is 0 Å². The van der Waals surface area contributed by atoms with Crippen LogP contribution in [0.4, 0.5) is 0 Å². The molecule has 244 valence electrons. The third-order valence-electron chi connectivity index (χ3n) is 9.81. The molecular weight excluding hydrogens is 639 g/mol. The molecule has 8 aromatic carbocycles. The molecule has 0 aliphatic carbocycles. The minimum Gasteiger partial charge on any atom is -0.507 e. The summed E-state index contributed by atoms with van der Waals surface area (Å²) in [5.74, 6) is 1.68. The van der Waals surface area contributed by atoms with Crippen LogP contribution in [0.5, 0.6) is 5.75 Å². The van der Waals surface area contributed by atoms with Gasteiger partial charge in [-0.3, -0.25) is 0 Å². The molecule has 0 amide bonds. The van der Waals surface area contributed by atoms with Crippen LogP contribution in [0.15, 0.2) is 174 Å². The van der Waals surface area contributed by atoms with E-state index in [1.807, 2.05) is 97.1 Å². The minimum atomic E-state index is 0.129. The smallest absolute Gasteiger partial charge is 0.164 e. The zero-order valence-corrected chi connectivity index (χ0v) is 27.9. The van der Waals surface area contributed by atoms with Gasteiger partial charge in [0.25, 0.3) is 0 Å². The number of phenolic OH excluding ortho intramolecular Hbond substituents is 1. The van der Waals surface area contributed by atoms with Crippen LogP contribution in [-0.4, -0.2) is 20.1 Å². The third-order valence-corrected chi connectivity index (χ3v) is 9.81. The predicted octanol–water partition coefficient (Wildman–Crippen LogP) is 12.1. The molecule has 2 heterocycles. The van der Waals surface area contributed by atoms with Crippen molar-refractivity contribution < 1.29 is 9.52 Å². The van der Waals surface area contributed by atoms with Crippen LogP contribution < -0.4 is 0 Å². The topological polar surface area (TPSA) is 72.0 Å². The molecule has 52 heavy (non-hydrogen) atoms. The fraction of sp³-hybridized carbons (Fsp3) is 0. The molecule has 0 atom stereocenters. The molecule has 0 aliphatic rings. The Kier molecular flexibility index (Phi) is 6.89. The number of nitrogens with zero attached hydrogens (tertiary/aromatic N) is 3. The summed E-state index contributed by atoms with van der Waals surface area (Å²) >= 11 is 0. The molecule has 0 saturated heterocycles. The van der Waals surface area contributed by atoms with Crippen molar-refractivity contribution in [1.29, 1.82) is 0 Å². The second kappa shape index (κ2) is 12.0. The van der Waals surface area contributed by atoms with Gasteiger partial charge in [0.1, 0.15) is 16.9 Å². The molecule has 0 radical (unpaired) electrons. The number of furan rings is 1. The Morgan fingerprint density at radius 3 is 1.81 bits per heavy atom. The van der Waals surface area contributed by atoms with Gasteiger partial charge in [0, 0.05) is 33.0 Å². The Morgan fingerprint density at radius 2 is 1.00 bits per heavy atom. The van der Waals surface area contributed by atoms with E-state index in [4.69, 9.17) is 19.4 Å². The van der Waals surface area contributed by atoms with Crippen LogP contribution in [0.2, 0.25) is 0 Å². The van der Waals surface area contributed by atoms with Crippen LogP contribution in [0.25, 0.3) is 99.9 Å². The van der Waals surface area contributed by atoms with Crippen molar-refractivity contribution in [3.8, 4) is 62.2 Å². The van der Waals surface area contributed by atoms with Gasteiger partial charge >= 0.3 is 0 Å². The largest absolute Gasteiger partial charge is 0.507 e. The first-order valence-electron chi connectivity index (χ1n) is 17.2. The summed E-state index contributed by atoms with van der Waals surface area (Å²) in [4.78, 5) is 15.4. The normalized spacial score (nSPS) is 11.5. The fourth-order valence-electron chi connectivity index (χ4n) is 7.36. The maximum absolute atomic E-state index is 12.0. The summed E-state index contributed by atoms with van der Waals surface area (Å²) in [6.45, 7) is 0. The Hall–Kier alpha value is -7.11. The van der Waals surface area contributed by atoms with Gasteiger partial charge in [-0.25, -0.2) is 15.0 Å². The Labute approximate surface area is 299 Å². The minimum absolute atomic E-state index is 0.129. The molecule has 1 N–H and O–H groups in total. The van der Waals surface area contributed by atoms with Crippen molar-refractivity contribution in [2.75, 3.05) is 0 Å². The molecule has 10 rings (SSSR count). The lowest BCUT2D eigenvalue weighted by molar-refractivity contribution is 0.478. The second-order valence-electron chi connectivity index (χ2n) is 13.0. The van der Waals surface area contributed by atoms with E-state index >= 15 is 0 Å². The lowest BCUT2D eigenvalue weighted by Gasteiger charge is -2.16. The van der Waals surface area contributed by atoms with Gasteiger partial charge in [0.15, 0.2) is 17.5 Å². The fourth-order valence-corrected chi connectivity index (χ4v) is 7.36. The first-order chi connectivity index (χ1) is 25.7. The average molecular weight is 668 g/mol. The summed E-state index contributed by atoms with van der Waals surface area (Å²) in [6.07, 6.45) is 0. The molecule has 2 aromatic heterocycles. The molecule has 5 heteroatoms. The van der Waals surface area contributed by atoms with E-state index in [0.29, 0.717) is 28.6 Å². The van der Waals surface area contributed by atoms with Crippen LogP contribution in [0, 0.1) is 0 Å². The highest BCUT2D eigenvalue weighted by atomic mass is 16.3. The van der Waals surface area contributed by atoms with Gasteiger partial charge in [-0.05, 0) is 68.6 Å². The number of phenols is 1. The maximum Gasteiger partial charge on any atom is 0.164 e. The lowest BCUT2D eigenvalue weighted by atomic mass is 9.91. The number of aromatic nitrogens is 3. The van der Waals surface area contributed by atoms with Crippen LogP contribution in [0.1, 0.15) is 0 Å². The van der Waals surface area contributed by atoms with E-state index < -0.39 is 0 Å².